The molecule has 0 aromatic carbocycles. The highest BCUT2D eigenvalue weighted by atomic mass is 16.7. The topological polar surface area (TPSA) is 44.8 Å². The molecule has 0 spiro atoms. The minimum Gasteiger partial charge on any atom is -0.469 e. The van der Waals surface area contributed by atoms with Crippen LogP contribution >= 0.6 is 0 Å². The minimum absolute atomic E-state index is 0.0634. The average Bonchev–Trinajstić information content (AvgIpc) is 2.53. The zero-order chi connectivity index (χ0) is 14.7. The van der Waals surface area contributed by atoms with Gasteiger partial charge in [0, 0.05) is 12.2 Å². The van der Waals surface area contributed by atoms with Crippen molar-refractivity contribution in [1.29, 1.82) is 0 Å². The number of unbranched alkanes of at least 4 members (excludes halogenated alkanes) is 1. The van der Waals surface area contributed by atoms with Crippen LogP contribution in [0.2, 0.25) is 5.82 Å². The quantitative estimate of drug-likeness (QED) is 0.549. The van der Waals surface area contributed by atoms with Crippen LogP contribution in [-0.4, -0.2) is 31.4 Å². The molecular formula is C14H27BO4. The fourth-order valence-corrected chi connectivity index (χ4v) is 2.18. The largest absolute Gasteiger partial charge is 0.469 e. The summed E-state index contributed by atoms with van der Waals surface area (Å²) in [6, 6.07) is 0. The molecule has 0 N–H and O–H groups in total. The van der Waals surface area contributed by atoms with Crippen molar-refractivity contribution in [2.24, 2.45) is 0 Å². The van der Waals surface area contributed by atoms with E-state index in [1.807, 2.05) is 27.7 Å². The zero-order valence-corrected chi connectivity index (χ0v) is 13.1. The molecule has 0 radical (unpaired) electrons. The van der Waals surface area contributed by atoms with Gasteiger partial charge in [0.2, 0.25) is 0 Å². The average molecular weight is 270 g/mol. The van der Waals surface area contributed by atoms with Gasteiger partial charge in [-0.05, 0) is 27.7 Å². The summed E-state index contributed by atoms with van der Waals surface area (Å²) in [5.41, 5.74) is -0.698. The monoisotopic (exact) mass is 270 g/mol. The van der Waals surface area contributed by atoms with Crippen molar-refractivity contribution in [2.45, 2.75) is 77.3 Å². The van der Waals surface area contributed by atoms with Crippen LogP contribution in [0.25, 0.3) is 0 Å². The standard InChI is InChI=1S/C14H27BO4/c1-7-8-9-11(10-12(16)17-6)15-18-13(2,3)14(4,5)19-15/h11H,7-10H2,1-6H3. The summed E-state index contributed by atoms with van der Waals surface area (Å²) in [5.74, 6) is -0.135. The van der Waals surface area contributed by atoms with Crippen LogP contribution in [0.15, 0.2) is 0 Å². The Morgan fingerprint density at radius 3 is 2.16 bits per heavy atom. The van der Waals surface area contributed by atoms with Crippen molar-refractivity contribution >= 4 is 13.1 Å². The SMILES string of the molecule is CCCCC(CC(=O)OC)B1OC(C)(C)C(C)(C)O1. The highest BCUT2D eigenvalue weighted by molar-refractivity contribution is 6.47. The summed E-state index contributed by atoms with van der Waals surface area (Å²) in [5, 5.41) is 0. The maximum atomic E-state index is 11.5. The molecule has 0 bridgehead atoms. The van der Waals surface area contributed by atoms with Crippen LogP contribution in [0.5, 0.6) is 0 Å². The van der Waals surface area contributed by atoms with E-state index in [4.69, 9.17) is 14.0 Å². The molecule has 110 valence electrons. The molecule has 5 heteroatoms. The number of ether oxygens (including phenoxy) is 1. The lowest BCUT2D eigenvalue weighted by atomic mass is 9.67. The van der Waals surface area contributed by atoms with Crippen LogP contribution in [0.1, 0.15) is 60.3 Å². The van der Waals surface area contributed by atoms with Crippen LogP contribution < -0.4 is 0 Å². The van der Waals surface area contributed by atoms with E-state index < -0.39 is 0 Å². The van der Waals surface area contributed by atoms with Crippen LogP contribution in [0, 0.1) is 0 Å². The normalized spacial score (nSPS) is 22.3. The number of esters is 1. The molecule has 4 nitrogen and oxygen atoms in total. The molecule has 1 atom stereocenters. The second kappa shape index (κ2) is 6.27. The van der Waals surface area contributed by atoms with Gasteiger partial charge in [-0.3, -0.25) is 4.79 Å². The Morgan fingerprint density at radius 2 is 1.74 bits per heavy atom. The van der Waals surface area contributed by atoms with E-state index in [-0.39, 0.29) is 30.1 Å². The molecule has 1 rings (SSSR count). The van der Waals surface area contributed by atoms with E-state index in [2.05, 4.69) is 6.92 Å². The second-order valence-corrected chi connectivity index (χ2v) is 6.31. The summed E-state index contributed by atoms with van der Waals surface area (Å²) in [4.78, 5) is 11.5. The minimum atomic E-state index is -0.349. The third-order valence-electron chi connectivity index (χ3n) is 4.24. The Kier molecular flexibility index (Phi) is 5.45. The van der Waals surface area contributed by atoms with Crippen molar-refractivity contribution in [2.75, 3.05) is 7.11 Å². The first-order chi connectivity index (χ1) is 8.73. The van der Waals surface area contributed by atoms with Crippen molar-refractivity contribution in [1.82, 2.24) is 0 Å². The van der Waals surface area contributed by atoms with Gasteiger partial charge in [0.05, 0.1) is 18.3 Å². The summed E-state index contributed by atoms with van der Waals surface area (Å²) in [7, 11) is 1.10. The third kappa shape index (κ3) is 3.96. The zero-order valence-electron chi connectivity index (χ0n) is 13.1. The van der Waals surface area contributed by atoms with Gasteiger partial charge in [-0.1, -0.05) is 26.2 Å². The third-order valence-corrected chi connectivity index (χ3v) is 4.24. The number of carbonyl (C=O) groups is 1. The predicted molar refractivity (Wildman–Crippen MR) is 76.0 cm³/mol. The maximum Gasteiger partial charge on any atom is 0.461 e. The fourth-order valence-electron chi connectivity index (χ4n) is 2.18. The molecule has 1 saturated heterocycles. The first kappa shape index (κ1) is 16.5. The van der Waals surface area contributed by atoms with Crippen molar-refractivity contribution < 1.29 is 18.8 Å². The summed E-state index contributed by atoms with van der Waals surface area (Å²) < 4.78 is 16.9. The van der Waals surface area contributed by atoms with Crippen LogP contribution in [-0.2, 0) is 18.8 Å². The molecule has 0 saturated carbocycles. The smallest absolute Gasteiger partial charge is 0.461 e. The molecule has 0 aliphatic carbocycles. The van der Waals surface area contributed by atoms with E-state index in [0.717, 1.165) is 19.3 Å². The summed E-state index contributed by atoms with van der Waals surface area (Å²) in [6.07, 6.45) is 3.43. The van der Waals surface area contributed by atoms with E-state index >= 15 is 0 Å². The fraction of sp³-hybridized carbons (Fsp3) is 0.929. The highest BCUT2D eigenvalue weighted by Crippen LogP contribution is 2.42. The second-order valence-electron chi connectivity index (χ2n) is 6.31. The van der Waals surface area contributed by atoms with Crippen molar-refractivity contribution in [3.8, 4) is 0 Å². The molecule has 0 amide bonds. The Hall–Kier alpha value is -0.545. The molecule has 1 aliphatic heterocycles. The lowest BCUT2D eigenvalue weighted by Gasteiger charge is -2.32. The van der Waals surface area contributed by atoms with Gasteiger partial charge in [-0.15, -0.1) is 0 Å². The Labute approximate surface area is 117 Å². The van der Waals surface area contributed by atoms with E-state index in [1.165, 1.54) is 7.11 Å². The Balaban J connectivity index is 2.73. The van der Waals surface area contributed by atoms with Gasteiger partial charge in [0.15, 0.2) is 0 Å². The Bertz CT molecular complexity index is 299. The molecule has 1 heterocycles. The number of hydrogen-bond donors (Lipinski definition) is 0. The van der Waals surface area contributed by atoms with Gasteiger partial charge < -0.3 is 14.0 Å². The molecule has 19 heavy (non-hydrogen) atoms. The highest BCUT2D eigenvalue weighted by Gasteiger charge is 2.53. The lowest BCUT2D eigenvalue weighted by Crippen LogP contribution is -2.41. The molecule has 1 fully saturated rings. The predicted octanol–water partition coefficient (Wildman–Crippen LogP) is 3.20. The van der Waals surface area contributed by atoms with E-state index in [1.54, 1.807) is 0 Å². The van der Waals surface area contributed by atoms with E-state index in [9.17, 15) is 4.79 Å². The number of carbonyl (C=O) groups excluding carboxylic acids is 1. The van der Waals surface area contributed by atoms with Crippen molar-refractivity contribution in [3.63, 3.8) is 0 Å². The molecule has 1 aliphatic rings. The van der Waals surface area contributed by atoms with Gasteiger partial charge in [0.25, 0.3) is 0 Å². The molecular weight excluding hydrogens is 243 g/mol. The van der Waals surface area contributed by atoms with Crippen LogP contribution in [0.3, 0.4) is 0 Å². The van der Waals surface area contributed by atoms with Gasteiger partial charge in [0.1, 0.15) is 0 Å². The lowest BCUT2D eigenvalue weighted by molar-refractivity contribution is -0.140. The Morgan fingerprint density at radius 1 is 1.21 bits per heavy atom. The van der Waals surface area contributed by atoms with Crippen LogP contribution in [0.4, 0.5) is 0 Å². The maximum absolute atomic E-state index is 11.5. The van der Waals surface area contributed by atoms with Gasteiger partial charge in [-0.25, -0.2) is 0 Å². The number of methoxy groups -OCH3 is 1. The molecule has 0 aromatic heterocycles. The summed E-state index contributed by atoms with van der Waals surface area (Å²) in [6.45, 7) is 10.3. The van der Waals surface area contributed by atoms with Gasteiger partial charge >= 0.3 is 13.1 Å². The first-order valence-electron chi connectivity index (χ1n) is 7.16. The number of rotatable bonds is 6. The molecule has 0 aromatic rings. The number of hydrogen-bond acceptors (Lipinski definition) is 4. The first-order valence-corrected chi connectivity index (χ1v) is 7.16. The molecule has 1 unspecified atom stereocenters. The van der Waals surface area contributed by atoms with E-state index in [0.29, 0.717) is 6.42 Å². The summed E-state index contributed by atoms with van der Waals surface area (Å²) >= 11 is 0. The van der Waals surface area contributed by atoms with Gasteiger partial charge in [-0.2, -0.15) is 0 Å². The van der Waals surface area contributed by atoms with Crippen molar-refractivity contribution in [3.05, 3.63) is 0 Å².